The van der Waals surface area contributed by atoms with Crippen molar-refractivity contribution in [2.24, 2.45) is 0 Å². The lowest BCUT2D eigenvalue weighted by molar-refractivity contribution is -0.274. The van der Waals surface area contributed by atoms with Gasteiger partial charge in [0.05, 0.1) is 6.54 Å². The minimum absolute atomic E-state index is 0.263. The third-order valence-electron chi connectivity index (χ3n) is 5.88. The molecule has 0 radical (unpaired) electrons. The molecule has 182 valence electrons. The molecule has 0 bridgehead atoms. The summed E-state index contributed by atoms with van der Waals surface area (Å²) >= 11 is 0. The highest BCUT2D eigenvalue weighted by atomic mass is 19.4. The summed E-state index contributed by atoms with van der Waals surface area (Å²) in [7, 11) is 2.04. The molecule has 0 aliphatic carbocycles. The van der Waals surface area contributed by atoms with Crippen molar-refractivity contribution in [2.75, 3.05) is 51.2 Å². The second-order valence-corrected chi connectivity index (χ2v) is 8.51. The van der Waals surface area contributed by atoms with E-state index in [-0.39, 0.29) is 5.75 Å². The molecule has 0 unspecified atom stereocenters. The zero-order chi connectivity index (χ0) is 24.0. The average Bonchev–Trinajstić information content (AvgIpc) is 3.28. The average molecular weight is 475 g/mol. The molecule has 1 saturated heterocycles. The number of hydrogen-bond acceptors (Lipinski definition) is 6. The van der Waals surface area contributed by atoms with E-state index in [2.05, 4.69) is 48.9 Å². The van der Waals surface area contributed by atoms with Crippen LogP contribution in [0.15, 0.2) is 65.2 Å². The molecule has 1 aliphatic rings. The van der Waals surface area contributed by atoms with Gasteiger partial charge in [-0.3, -0.25) is 9.80 Å². The van der Waals surface area contributed by atoms with Gasteiger partial charge in [0.1, 0.15) is 11.4 Å². The van der Waals surface area contributed by atoms with E-state index in [1.807, 2.05) is 19.2 Å². The zero-order valence-corrected chi connectivity index (χ0v) is 19.2. The molecule has 0 N–H and O–H groups in total. The molecular weight excluding hydrogens is 445 g/mol. The third kappa shape index (κ3) is 6.98. The van der Waals surface area contributed by atoms with Crippen LogP contribution >= 0.6 is 0 Å². The normalized spacial score (nSPS) is 15.1. The fourth-order valence-electron chi connectivity index (χ4n) is 4.13. The molecule has 6 nitrogen and oxygen atoms in total. The molecule has 2 heterocycles. The van der Waals surface area contributed by atoms with Crippen LogP contribution in [0.2, 0.25) is 0 Å². The Morgan fingerprint density at radius 2 is 1.71 bits per heavy atom. The van der Waals surface area contributed by atoms with E-state index in [4.69, 9.17) is 4.52 Å². The Morgan fingerprint density at radius 3 is 2.38 bits per heavy atom. The van der Waals surface area contributed by atoms with Crippen molar-refractivity contribution in [1.29, 1.82) is 0 Å². The van der Waals surface area contributed by atoms with E-state index in [1.54, 1.807) is 0 Å². The molecule has 1 aromatic heterocycles. The summed E-state index contributed by atoms with van der Waals surface area (Å²) in [6.45, 7) is 6.82. The van der Waals surface area contributed by atoms with Gasteiger partial charge in [0.25, 0.3) is 0 Å². The number of aromatic nitrogens is 1. The lowest BCUT2D eigenvalue weighted by Crippen LogP contribution is -2.47. The predicted molar refractivity (Wildman–Crippen MR) is 125 cm³/mol. The monoisotopic (exact) mass is 474 g/mol. The van der Waals surface area contributed by atoms with Crippen LogP contribution in [0.3, 0.4) is 0 Å². The van der Waals surface area contributed by atoms with Gasteiger partial charge in [-0.1, -0.05) is 23.4 Å². The summed E-state index contributed by atoms with van der Waals surface area (Å²) in [4.78, 5) is 7.12. The maximum Gasteiger partial charge on any atom is 0.573 e. The van der Waals surface area contributed by atoms with Gasteiger partial charge in [0, 0.05) is 43.5 Å². The molecule has 0 atom stereocenters. The largest absolute Gasteiger partial charge is 0.573 e. The van der Waals surface area contributed by atoms with E-state index in [0.717, 1.165) is 45.7 Å². The van der Waals surface area contributed by atoms with Crippen molar-refractivity contribution in [3.63, 3.8) is 0 Å². The second kappa shape index (κ2) is 10.9. The first-order valence-electron chi connectivity index (χ1n) is 11.4. The molecule has 0 saturated carbocycles. The van der Waals surface area contributed by atoms with Crippen LogP contribution < -0.4 is 9.64 Å². The summed E-state index contributed by atoms with van der Waals surface area (Å²) in [5.41, 5.74) is 2.54. The fourth-order valence-corrected chi connectivity index (χ4v) is 4.13. The van der Waals surface area contributed by atoms with Crippen molar-refractivity contribution < 1.29 is 22.4 Å². The standard InChI is InChI=1S/C25H29F3N4O2/c1-30(12-5-13-31-14-16-32(17-15-31)21-6-3-2-4-7-21)19-23-18-24(29-34-23)20-8-10-22(11-9-20)33-25(26,27)28/h2-4,6-11,18H,5,12-17,19H2,1H3. The number of nitrogens with zero attached hydrogens (tertiary/aromatic N) is 4. The number of para-hydroxylation sites is 1. The molecule has 0 spiro atoms. The number of rotatable bonds is 9. The van der Waals surface area contributed by atoms with Gasteiger partial charge in [0.2, 0.25) is 0 Å². The SMILES string of the molecule is CN(CCCN1CCN(c2ccccc2)CC1)Cc1cc(-c2ccc(OC(F)(F)F)cc2)no1. The molecule has 3 aromatic rings. The van der Waals surface area contributed by atoms with Crippen molar-refractivity contribution in [3.05, 3.63) is 66.4 Å². The lowest BCUT2D eigenvalue weighted by atomic mass is 10.1. The van der Waals surface area contributed by atoms with Gasteiger partial charge in [-0.25, -0.2) is 0 Å². The topological polar surface area (TPSA) is 45.0 Å². The number of hydrogen-bond donors (Lipinski definition) is 0. The predicted octanol–water partition coefficient (Wildman–Crippen LogP) is 4.88. The van der Waals surface area contributed by atoms with E-state index in [9.17, 15) is 13.2 Å². The van der Waals surface area contributed by atoms with E-state index in [1.165, 1.54) is 30.0 Å². The highest BCUT2D eigenvalue weighted by Crippen LogP contribution is 2.26. The highest BCUT2D eigenvalue weighted by molar-refractivity contribution is 5.59. The number of piperazine rings is 1. The first-order valence-corrected chi connectivity index (χ1v) is 11.4. The minimum atomic E-state index is -4.70. The number of alkyl halides is 3. The fraction of sp³-hybridized carbons (Fsp3) is 0.400. The van der Waals surface area contributed by atoms with Crippen LogP contribution in [0, 0.1) is 0 Å². The Hall–Kier alpha value is -3.04. The Labute approximate surface area is 197 Å². The number of halogens is 3. The van der Waals surface area contributed by atoms with Crippen LogP contribution in [0.25, 0.3) is 11.3 Å². The van der Waals surface area contributed by atoms with Crippen LogP contribution in [0.1, 0.15) is 12.2 Å². The maximum absolute atomic E-state index is 12.3. The van der Waals surface area contributed by atoms with Gasteiger partial charge in [-0.05, 0) is 63.0 Å². The Morgan fingerprint density at radius 1 is 1.00 bits per heavy atom. The second-order valence-electron chi connectivity index (χ2n) is 8.51. The molecular formula is C25H29F3N4O2. The highest BCUT2D eigenvalue weighted by Gasteiger charge is 2.31. The Kier molecular flexibility index (Phi) is 7.74. The quantitative estimate of drug-likeness (QED) is 0.440. The van der Waals surface area contributed by atoms with Crippen LogP contribution in [-0.2, 0) is 6.54 Å². The van der Waals surface area contributed by atoms with Crippen molar-refractivity contribution >= 4 is 5.69 Å². The van der Waals surface area contributed by atoms with Gasteiger partial charge in [0.15, 0.2) is 5.76 Å². The maximum atomic E-state index is 12.3. The van der Waals surface area contributed by atoms with E-state index < -0.39 is 6.36 Å². The third-order valence-corrected chi connectivity index (χ3v) is 5.88. The van der Waals surface area contributed by atoms with Crippen molar-refractivity contribution in [3.8, 4) is 17.0 Å². The summed E-state index contributed by atoms with van der Waals surface area (Å²) in [6, 6.07) is 18.0. The van der Waals surface area contributed by atoms with Crippen LogP contribution in [0.4, 0.5) is 18.9 Å². The molecule has 1 aliphatic heterocycles. The molecule has 0 amide bonds. The summed E-state index contributed by atoms with van der Waals surface area (Å²) in [6.07, 6.45) is -3.65. The summed E-state index contributed by atoms with van der Waals surface area (Å²) in [5, 5.41) is 4.05. The Bertz CT molecular complexity index is 1020. The number of ether oxygens (including phenoxy) is 1. The number of benzene rings is 2. The van der Waals surface area contributed by atoms with Crippen molar-refractivity contribution in [1.82, 2.24) is 15.0 Å². The van der Waals surface area contributed by atoms with E-state index >= 15 is 0 Å². The van der Waals surface area contributed by atoms with Crippen LogP contribution in [-0.4, -0.2) is 67.6 Å². The molecule has 4 rings (SSSR count). The smallest absolute Gasteiger partial charge is 0.406 e. The molecule has 2 aromatic carbocycles. The first kappa shape index (κ1) is 24.1. The van der Waals surface area contributed by atoms with E-state index in [0.29, 0.717) is 23.6 Å². The summed E-state index contributed by atoms with van der Waals surface area (Å²) in [5.74, 6) is 0.450. The molecule has 34 heavy (non-hydrogen) atoms. The van der Waals surface area contributed by atoms with Gasteiger partial charge in [-0.2, -0.15) is 0 Å². The first-order chi connectivity index (χ1) is 16.4. The summed E-state index contributed by atoms with van der Waals surface area (Å²) < 4.78 is 46.2. The lowest BCUT2D eigenvalue weighted by Gasteiger charge is -2.36. The number of anilines is 1. The Balaban J connectivity index is 1.18. The van der Waals surface area contributed by atoms with Crippen molar-refractivity contribution in [2.45, 2.75) is 19.3 Å². The zero-order valence-electron chi connectivity index (χ0n) is 19.2. The molecule has 9 heteroatoms. The van der Waals surface area contributed by atoms with Crippen LogP contribution in [0.5, 0.6) is 5.75 Å². The van der Waals surface area contributed by atoms with Gasteiger partial charge < -0.3 is 14.2 Å². The van der Waals surface area contributed by atoms with Gasteiger partial charge in [-0.15, -0.1) is 13.2 Å². The van der Waals surface area contributed by atoms with Gasteiger partial charge >= 0.3 is 6.36 Å². The molecule has 1 fully saturated rings. The minimum Gasteiger partial charge on any atom is -0.406 e.